The molecule has 0 aromatic rings. The van der Waals surface area contributed by atoms with Gasteiger partial charge in [-0.25, -0.2) is 4.39 Å². The molecule has 2 heteroatoms. The molecular formula is C6H10FN. The second kappa shape index (κ2) is 4.61. The van der Waals surface area contributed by atoms with Crippen LogP contribution in [-0.4, -0.2) is 19.8 Å². The van der Waals surface area contributed by atoms with Gasteiger partial charge < -0.3 is 5.32 Å². The maximum Gasteiger partial charge on any atom is 0.123 e. The van der Waals surface area contributed by atoms with Crippen molar-refractivity contribution in [3.05, 3.63) is 0 Å². The van der Waals surface area contributed by atoms with Crippen molar-refractivity contribution >= 4 is 0 Å². The van der Waals surface area contributed by atoms with E-state index in [1.807, 2.05) is 0 Å². The summed E-state index contributed by atoms with van der Waals surface area (Å²) in [6.07, 6.45) is 4.17. The van der Waals surface area contributed by atoms with Gasteiger partial charge in [-0.3, -0.25) is 0 Å². The lowest BCUT2D eigenvalue weighted by Crippen LogP contribution is -2.18. The zero-order valence-corrected chi connectivity index (χ0v) is 4.95. The zero-order chi connectivity index (χ0) is 6.41. The number of nitrogens with one attached hydrogen (secondary N) is 1. The van der Waals surface area contributed by atoms with Gasteiger partial charge in [-0.1, -0.05) is 0 Å². The third-order valence-corrected chi connectivity index (χ3v) is 0.765. The topological polar surface area (TPSA) is 12.0 Å². The van der Waals surface area contributed by atoms with Crippen molar-refractivity contribution in [1.29, 1.82) is 0 Å². The van der Waals surface area contributed by atoms with Crippen molar-refractivity contribution in [2.75, 3.05) is 13.6 Å². The fourth-order valence-electron chi connectivity index (χ4n) is 0.422. The van der Waals surface area contributed by atoms with Crippen molar-refractivity contribution in [2.24, 2.45) is 0 Å². The minimum atomic E-state index is -0.884. The molecule has 1 atom stereocenters. The molecule has 1 N–H and O–H groups in total. The van der Waals surface area contributed by atoms with Gasteiger partial charge in [-0.15, -0.1) is 12.3 Å². The van der Waals surface area contributed by atoms with Gasteiger partial charge in [0.1, 0.15) is 6.17 Å². The smallest absolute Gasteiger partial charge is 0.123 e. The van der Waals surface area contributed by atoms with E-state index >= 15 is 0 Å². The molecule has 0 amide bonds. The molecule has 0 bridgehead atoms. The zero-order valence-electron chi connectivity index (χ0n) is 4.95. The van der Waals surface area contributed by atoms with E-state index in [0.29, 0.717) is 6.54 Å². The summed E-state index contributed by atoms with van der Waals surface area (Å²) in [5, 5.41) is 2.68. The number of hydrogen-bond donors (Lipinski definition) is 1. The van der Waals surface area contributed by atoms with Crippen molar-refractivity contribution in [1.82, 2.24) is 5.32 Å². The standard InChI is InChI=1S/C6H10FN/c1-3-4-6(7)5-8-2/h1,6,8H,4-5H2,2H3. The molecule has 0 rings (SSSR count). The van der Waals surface area contributed by atoms with Crippen molar-refractivity contribution in [3.8, 4) is 12.3 Å². The summed E-state index contributed by atoms with van der Waals surface area (Å²) in [6, 6.07) is 0. The van der Waals surface area contributed by atoms with Gasteiger partial charge in [-0.05, 0) is 7.05 Å². The van der Waals surface area contributed by atoms with Gasteiger partial charge in [0.25, 0.3) is 0 Å². The maximum atomic E-state index is 12.2. The van der Waals surface area contributed by atoms with Gasteiger partial charge in [0.15, 0.2) is 0 Å². The Morgan fingerprint density at radius 2 is 2.50 bits per heavy atom. The Morgan fingerprint density at radius 3 is 2.88 bits per heavy atom. The summed E-state index contributed by atoms with van der Waals surface area (Å²) in [5.41, 5.74) is 0. The van der Waals surface area contributed by atoms with E-state index in [0.717, 1.165) is 0 Å². The van der Waals surface area contributed by atoms with E-state index in [1.54, 1.807) is 7.05 Å². The molecule has 46 valence electrons. The van der Waals surface area contributed by atoms with Gasteiger partial charge in [0.2, 0.25) is 0 Å². The van der Waals surface area contributed by atoms with E-state index in [9.17, 15) is 4.39 Å². The molecule has 0 aliphatic carbocycles. The van der Waals surface area contributed by atoms with Crippen LogP contribution in [0.15, 0.2) is 0 Å². The van der Waals surface area contributed by atoms with Crippen LogP contribution in [0, 0.1) is 12.3 Å². The largest absolute Gasteiger partial charge is 0.317 e. The molecule has 0 spiro atoms. The highest BCUT2D eigenvalue weighted by molar-refractivity contribution is 4.87. The molecule has 0 saturated carbocycles. The quantitative estimate of drug-likeness (QED) is 0.530. The molecule has 0 heterocycles. The first-order valence-electron chi connectivity index (χ1n) is 2.53. The Bertz CT molecular complexity index is 85.0. The molecule has 1 unspecified atom stereocenters. The predicted octanol–water partition coefficient (Wildman–Crippen LogP) is 0.567. The number of terminal acetylenes is 1. The van der Waals surface area contributed by atoms with Crippen LogP contribution in [0.4, 0.5) is 4.39 Å². The lowest BCUT2D eigenvalue weighted by molar-refractivity contribution is 0.332. The van der Waals surface area contributed by atoms with Crippen LogP contribution in [0.3, 0.4) is 0 Å². The number of hydrogen-bond acceptors (Lipinski definition) is 1. The summed E-state index contributed by atoms with van der Waals surface area (Å²) in [7, 11) is 1.70. The molecule has 0 radical (unpaired) electrons. The van der Waals surface area contributed by atoms with E-state index < -0.39 is 6.17 Å². The molecule has 0 aromatic carbocycles. The number of halogens is 1. The molecule has 0 fully saturated rings. The Kier molecular flexibility index (Phi) is 4.29. The van der Waals surface area contributed by atoms with Gasteiger partial charge >= 0.3 is 0 Å². The van der Waals surface area contributed by atoms with Gasteiger partial charge in [0.05, 0.1) is 0 Å². The fraction of sp³-hybridized carbons (Fsp3) is 0.667. The average molecular weight is 115 g/mol. The van der Waals surface area contributed by atoms with Crippen LogP contribution in [-0.2, 0) is 0 Å². The Hall–Kier alpha value is -0.550. The molecular weight excluding hydrogens is 105 g/mol. The molecule has 0 aliphatic rings. The average Bonchev–Trinajstić information content (AvgIpc) is 1.68. The highest BCUT2D eigenvalue weighted by Crippen LogP contribution is 1.91. The van der Waals surface area contributed by atoms with Crippen molar-refractivity contribution in [2.45, 2.75) is 12.6 Å². The van der Waals surface area contributed by atoms with Crippen LogP contribution >= 0.6 is 0 Å². The SMILES string of the molecule is C#CCC(F)CNC. The third-order valence-electron chi connectivity index (χ3n) is 0.765. The minimum absolute atomic E-state index is 0.209. The van der Waals surface area contributed by atoms with E-state index in [-0.39, 0.29) is 6.42 Å². The summed E-state index contributed by atoms with van der Waals surface area (Å²) in [6.45, 7) is 0.351. The Balaban J connectivity index is 3.08. The van der Waals surface area contributed by atoms with E-state index in [4.69, 9.17) is 6.42 Å². The summed E-state index contributed by atoms with van der Waals surface area (Å²) in [5.74, 6) is 2.24. The first-order chi connectivity index (χ1) is 3.81. The van der Waals surface area contributed by atoms with Crippen molar-refractivity contribution < 1.29 is 4.39 Å². The normalized spacial score (nSPS) is 12.6. The van der Waals surface area contributed by atoms with Crippen LogP contribution in [0.2, 0.25) is 0 Å². The molecule has 0 saturated heterocycles. The molecule has 1 nitrogen and oxygen atoms in total. The first kappa shape index (κ1) is 7.45. The van der Waals surface area contributed by atoms with Crippen LogP contribution < -0.4 is 5.32 Å². The van der Waals surface area contributed by atoms with Gasteiger partial charge in [0, 0.05) is 13.0 Å². The number of alkyl halides is 1. The molecule has 0 aliphatic heterocycles. The second-order valence-corrected chi connectivity index (χ2v) is 1.56. The number of rotatable bonds is 3. The Morgan fingerprint density at radius 1 is 1.88 bits per heavy atom. The molecule has 8 heavy (non-hydrogen) atoms. The van der Waals surface area contributed by atoms with Crippen molar-refractivity contribution in [3.63, 3.8) is 0 Å². The molecule has 0 aromatic heterocycles. The summed E-state index contributed by atoms with van der Waals surface area (Å²) >= 11 is 0. The van der Waals surface area contributed by atoms with E-state index in [1.165, 1.54) is 0 Å². The lowest BCUT2D eigenvalue weighted by Gasteiger charge is -1.99. The minimum Gasteiger partial charge on any atom is -0.317 e. The Labute approximate surface area is 49.3 Å². The summed E-state index contributed by atoms with van der Waals surface area (Å²) < 4.78 is 12.2. The fourth-order valence-corrected chi connectivity index (χ4v) is 0.422. The van der Waals surface area contributed by atoms with Crippen LogP contribution in [0.1, 0.15) is 6.42 Å². The first-order valence-corrected chi connectivity index (χ1v) is 2.53. The predicted molar refractivity (Wildman–Crippen MR) is 32.3 cm³/mol. The summed E-state index contributed by atoms with van der Waals surface area (Å²) in [4.78, 5) is 0. The highest BCUT2D eigenvalue weighted by atomic mass is 19.1. The highest BCUT2D eigenvalue weighted by Gasteiger charge is 1.99. The maximum absolute atomic E-state index is 12.2. The van der Waals surface area contributed by atoms with Crippen LogP contribution in [0.25, 0.3) is 0 Å². The monoisotopic (exact) mass is 115 g/mol. The van der Waals surface area contributed by atoms with Gasteiger partial charge in [-0.2, -0.15) is 0 Å². The van der Waals surface area contributed by atoms with E-state index in [2.05, 4.69) is 11.2 Å². The lowest BCUT2D eigenvalue weighted by atomic mass is 10.3. The van der Waals surface area contributed by atoms with Crippen LogP contribution in [0.5, 0.6) is 0 Å². The second-order valence-electron chi connectivity index (χ2n) is 1.56. The third kappa shape index (κ3) is 3.63.